The molecule has 0 saturated carbocycles. The van der Waals surface area contributed by atoms with Gasteiger partial charge in [-0.15, -0.1) is 0 Å². The van der Waals surface area contributed by atoms with Crippen molar-refractivity contribution in [3.63, 3.8) is 0 Å². The van der Waals surface area contributed by atoms with E-state index in [0.717, 1.165) is 10.9 Å². The third-order valence-corrected chi connectivity index (χ3v) is 6.49. The van der Waals surface area contributed by atoms with Gasteiger partial charge in [-0.05, 0) is 42.5 Å². The summed E-state index contributed by atoms with van der Waals surface area (Å²) in [5.74, 6) is 0.769. The van der Waals surface area contributed by atoms with Gasteiger partial charge >= 0.3 is 0 Å². The first-order valence-corrected chi connectivity index (χ1v) is 11.2. The minimum absolute atomic E-state index is 0.248. The van der Waals surface area contributed by atoms with Crippen molar-refractivity contribution in [3.05, 3.63) is 87.0 Å². The molecule has 1 atom stereocenters. The summed E-state index contributed by atoms with van der Waals surface area (Å²) >= 11 is 24.7. The normalized spacial score (nSPS) is 12.0. The first-order valence-electron chi connectivity index (χ1n) is 8.56. The summed E-state index contributed by atoms with van der Waals surface area (Å²) in [6.45, 7) is 0. The van der Waals surface area contributed by atoms with Crippen molar-refractivity contribution in [3.8, 4) is 11.5 Å². The zero-order valence-electron chi connectivity index (χ0n) is 15.0. The van der Waals surface area contributed by atoms with E-state index in [4.69, 9.17) is 51.1 Å². The van der Waals surface area contributed by atoms with Crippen molar-refractivity contribution < 1.29 is 8.95 Å². The van der Waals surface area contributed by atoms with E-state index in [0.29, 0.717) is 21.4 Å². The van der Waals surface area contributed by atoms with Crippen molar-refractivity contribution in [2.75, 3.05) is 4.72 Å². The van der Waals surface area contributed by atoms with Crippen LogP contribution in [0.2, 0.25) is 20.1 Å². The van der Waals surface area contributed by atoms with E-state index in [2.05, 4.69) is 9.71 Å². The first-order chi connectivity index (χ1) is 14.4. The first kappa shape index (κ1) is 21.2. The van der Waals surface area contributed by atoms with E-state index in [1.165, 1.54) is 6.07 Å². The number of para-hydroxylation sites is 1. The van der Waals surface area contributed by atoms with Gasteiger partial charge in [0.2, 0.25) is 0 Å². The fourth-order valence-electron chi connectivity index (χ4n) is 2.73. The van der Waals surface area contributed by atoms with Crippen LogP contribution in [0.1, 0.15) is 0 Å². The molecule has 1 N–H and O–H groups in total. The average Bonchev–Trinajstić information content (AvgIpc) is 2.70. The Morgan fingerprint density at radius 1 is 0.867 bits per heavy atom. The van der Waals surface area contributed by atoms with E-state index in [9.17, 15) is 4.21 Å². The van der Waals surface area contributed by atoms with Gasteiger partial charge in [0.1, 0.15) is 5.75 Å². The maximum atomic E-state index is 12.6. The van der Waals surface area contributed by atoms with E-state index < -0.39 is 11.0 Å². The van der Waals surface area contributed by atoms with Gasteiger partial charge in [0.05, 0.1) is 31.7 Å². The van der Waals surface area contributed by atoms with Crippen LogP contribution in [-0.4, -0.2) is 9.19 Å². The molecule has 0 aliphatic heterocycles. The lowest BCUT2D eigenvalue weighted by Gasteiger charge is -2.13. The Balaban J connectivity index is 1.57. The molecule has 30 heavy (non-hydrogen) atoms. The highest BCUT2D eigenvalue weighted by atomic mass is 35.5. The lowest BCUT2D eigenvalue weighted by molar-refractivity contribution is 0.482. The van der Waals surface area contributed by atoms with Crippen LogP contribution < -0.4 is 9.46 Å². The molecule has 0 spiro atoms. The standard InChI is InChI=1S/C21H12Cl4N2O2S/c22-13-5-6-20(16(23)8-13)30(28)27-14-9-17(24)21(18(25)10-14)29-15-7-12-3-1-2-4-19(12)26-11-15/h1-11,27H. The van der Waals surface area contributed by atoms with Crippen LogP contribution in [0.25, 0.3) is 10.9 Å². The monoisotopic (exact) mass is 496 g/mol. The number of pyridine rings is 1. The van der Waals surface area contributed by atoms with Gasteiger partial charge in [0.25, 0.3) is 0 Å². The summed E-state index contributed by atoms with van der Waals surface area (Å²) in [4.78, 5) is 4.74. The van der Waals surface area contributed by atoms with Crippen molar-refractivity contribution in [1.29, 1.82) is 0 Å². The number of hydrogen-bond acceptors (Lipinski definition) is 3. The van der Waals surface area contributed by atoms with Gasteiger partial charge in [-0.25, -0.2) is 4.21 Å². The van der Waals surface area contributed by atoms with Crippen LogP contribution >= 0.6 is 46.4 Å². The molecule has 3 aromatic carbocycles. The molecule has 4 rings (SSSR count). The Kier molecular flexibility index (Phi) is 6.37. The summed E-state index contributed by atoms with van der Waals surface area (Å²) in [5, 5.41) is 2.16. The molecule has 0 fully saturated rings. The lowest BCUT2D eigenvalue weighted by Crippen LogP contribution is -2.05. The number of fused-ring (bicyclic) bond motifs is 1. The summed E-state index contributed by atoms with van der Waals surface area (Å²) in [6.07, 6.45) is 1.60. The number of aromatic nitrogens is 1. The molecule has 152 valence electrons. The van der Waals surface area contributed by atoms with E-state index >= 15 is 0 Å². The Labute approximate surface area is 195 Å². The topological polar surface area (TPSA) is 51.2 Å². The number of hydrogen-bond donors (Lipinski definition) is 1. The molecule has 0 saturated heterocycles. The molecule has 4 aromatic rings. The number of anilines is 1. The number of nitrogens with zero attached hydrogens (tertiary/aromatic N) is 1. The second-order valence-electron chi connectivity index (χ2n) is 6.18. The Morgan fingerprint density at radius 3 is 2.33 bits per heavy atom. The fraction of sp³-hybridized carbons (Fsp3) is 0. The van der Waals surface area contributed by atoms with Gasteiger partial charge in [-0.1, -0.05) is 64.6 Å². The van der Waals surface area contributed by atoms with Crippen LogP contribution in [-0.2, 0) is 11.0 Å². The highest BCUT2D eigenvalue weighted by molar-refractivity contribution is 7.86. The Bertz CT molecular complexity index is 1260. The van der Waals surface area contributed by atoms with Crippen molar-refractivity contribution in [2.45, 2.75) is 4.90 Å². The van der Waals surface area contributed by atoms with Gasteiger partial charge in [0.15, 0.2) is 16.7 Å². The minimum Gasteiger partial charge on any atom is -0.453 e. The fourth-order valence-corrected chi connectivity index (χ4v) is 4.78. The summed E-state index contributed by atoms with van der Waals surface area (Å²) < 4.78 is 21.3. The summed E-state index contributed by atoms with van der Waals surface area (Å²) in [7, 11) is -1.64. The quantitative estimate of drug-likeness (QED) is 0.306. The third-order valence-electron chi connectivity index (χ3n) is 4.09. The molecule has 0 amide bonds. The minimum atomic E-state index is -1.64. The van der Waals surface area contributed by atoms with E-state index in [1.807, 2.05) is 30.3 Å². The molecule has 9 heteroatoms. The molecule has 4 nitrogen and oxygen atoms in total. The van der Waals surface area contributed by atoms with Crippen molar-refractivity contribution in [2.24, 2.45) is 0 Å². The highest BCUT2D eigenvalue weighted by Crippen LogP contribution is 2.39. The predicted molar refractivity (Wildman–Crippen MR) is 125 cm³/mol. The smallest absolute Gasteiger partial charge is 0.164 e. The molecule has 1 unspecified atom stereocenters. The number of nitrogens with one attached hydrogen (secondary N) is 1. The number of ether oxygens (including phenoxy) is 1. The highest BCUT2D eigenvalue weighted by Gasteiger charge is 2.15. The van der Waals surface area contributed by atoms with Crippen LogP contribution in [0.15, 0.2) is 71.8 Å². The zero-order chi connectivity index (χ0) is 21.3. The van der Waals surface area contributed by atoms with Gasteiger partial charge in [0, 0.05) is 16.1 Å². The Hall–Kier alpha value is -2.02. The van der Waals surface area contributed by atoms with Crippen LogP contribution in [0.3, 0.4) is 0 Å². The molecule has 0 bridgehead atoms. The number of benzene rings is 3. The maximum absolute atomic E-state index is 12.6. The summed E-state index contributed by atoms with van der Waals surface area (Å²) in [5.41, 5.74) is 1.29. The van der Waals surface area contributed by atoms with Crippen LogP contribution in [0.4, 0.5) is 5.69 Å². The van der Waals surface area contributed by atoms with Crippen molar-refractivity contribution in [1.82, 2.24) is 4.98 Å². The molecule has 0 aliphatic carbocycles. The molecule has 0 aliphatic rings. The second kappa shape index (κ2) is 9.00. The van der Waals surface area contributed by atoms with Crippen molar-refractivity contribution >= 4 is 74.0 Å². The lowest BCUT2D eigenvalue weighted by atomic mass is 10.2. The van der Waals surface area contributed by atoms with Gasteiger partial charge < -0.3 is 9.46 Å². The molecule has 1 heterocycles. The van der Waals surface area contributed by atoms with Crippen LogP contribution in [0.5, 0.6) is 11.5 Å². The van der Waals surface area contributed by atoms with E-state index in [-0.39, 0.29) is 20.8 Å². The Morgan fingerprint density at radius 2 is 1.60 bits per heavy atom. The molecule has 0 radical (unpaired) electrons. The maximum Gasteiger partial charge on any atom is 0.164 e. The zero-order valence-corrected chi connectivity index (χ0v) is 18.9. The number of halogens is 4. The molecule has 1 aromatic heterocycles. The predicted octanol–water partition coefficient (Wildman–Crippen LogP) is 7.78. The molecular weight excluding hydrogens is 486 g/mol. The molecular formula is C21H12Cl4N2O2S. The largest absolute Gasteiger partial charge is 0.453 e. The van der Waals surface area contributed by atoms with E-state index in [1.54, 1.807) is 30.5 Å². The van der Waals surface area contributed by atoms with Crippen LogP contribution in [0, 0.1) is 0 Å². The average molecular weight is 498 g/mol. The van der Waals surface area contributed by atoms with Gasteiger partial charge in [-0.3, -0.25) is 4.98 Å². The summed E-state index contributed by atoms with van der Waals surface area (Å²) in [6, 6.07) is 17.4. The second-order valence-corrected chi connectivity index (χ2v) is 9.02. The third kappa shape index (κ3) is 4.66. The number of rotatable bonds is 5. The van der Waals surface area contributed by atoms with Gasteiger partial charge in [-0.2, -0.15) is 0 Å². The SMILES string of the molecule is O=S(Nc1cc(Cl)c(Oc2cnc3ccccc3c2)c(Cl)c1)c1ccc(Cl)cc1Cl.